The average molecular weight is 965 g/mol. The van der Waals surface area contributed by atoms with Crippen molar-refractivity contribution in [2.24, 2.45) is 0 Å². The number of hydrogen-bond acceptors (Lipinski definition) is 4. The van der Waals surface area contributed by atoms with E-state index in [1.165, 1.54) is 243 Å². The lowest BCUT2D eigenvalue weighted by atomic mass is 10.0. The number of benzene rings is 1. The zero-order chi connectivity index (χ0) is 39.5. The van der Waals surface area contributed by atoms with Crippen molar-refractivity contribution < 1.29 is 0 Å². The molecule has 5 aromatic rings. The largest absolute Gasteiger partial charge is 0.134 e. The predicted molar refractivity (Wildman–Crippen MR) is 270 cm³/mol. The molecule has 0 aliphatic heterocycles. The molecule has 0 saturated carbocycles. The van der Waals surface area contributed by atoms with Crippen LogP contribution >= 0.6 is 77.2 Å². The first-order valence-corrected chi connectivity index (χ1v) is 28.5. The van der Waals surface area contributed by atoms with E-state index in [0.29, 0.717) is 0 Å². The summed E-state index contributed by atoms with van der Waals surface area (Å²) in [7, 11) is 0. The van der Waals surface area contributed by atoms with E-state index in [1.807, 2.05) is 22.7 Å². The fourth-order valence-electron chi connectivity index (χ4n) is 9.11. The molecule has 6 heteroatoms. The van der Waals surface area contributed by atoms with Crippen LogP contribution in [0.2, 0.25) is 0 Å². The van der Waals surface area contributed by atoms with Gasteiger partial charge in [0.2, 0.25) is 0 Å². The molecule has 0 radical (unpaired) electrons. The van der Waals surface area contributed by atoms with Crippen LogP contribution in [-0.4, -0.2) is 0 Å². The fourth-order valence-corrected chi connectivity index (χ4v) is 16.7. The molecule has 0 nitrogen and oxygen atoms in total. The Balaban J connectivity index is 1.06. The van der Waals surface area contributed by atoms with Crippen LogP contribution in [0.3, 0.4) is 0 Å². The molecule has 0 unspecified atom stereocenters. The van der Waals surface area contributed by atoms with E-state index in [9.17, 15) is 0 Å². The van der Waals surface area contributed by atoms with E-state index in [2.05, 4.69) is 82.2 Å². The molecule has 1 aromatic carbocycles. The summed E-state index contributed by atoms with van der Waals surface area (Å²) < 4.78 is 12.0. The van der Waals surface area contributed by atoms with Crippen LogP contribution < -0.4 is 0 Å². The smallest absolute Gasteiger partial charge is 0.0751 e. The quantitative estimate of drug-likeness (QED) is 0.0377. The van der Waals surface area contributed by atoms with Crippen molar-refractivity contribution in [3.63, 3.8) is 0 Å². The maximum atomic E-state index is 4.04. The predicted octanol–water partition coefficient (Wildman–Crippen LogP) is 21.5. The van der Waals surface area contributed by atoms with Gasteiger partial charge in [0.15, 0.2) is 0 Å². The van der Waals surface area contributed by atoms with Gasteiger partial charge in [-0.25, -0.2) is 0 Å². The van der Waals surface area contributed by atoms with Gasteiger partial charge in [0.05, 0.1) is 26.4 Å². The van der Waals surface area contributed by atoms with Crippen LogP contribution in [-0.2, 0) is 12.8 Å². The number of halogens is 2. The molecule has 0 aliphatic carbocycles. The van der Waals surface area contributed by atoms with E-state index in [4.69, 9.17) is 0 Å². The number of hydrogen-bond donors (Lipinski definition) is 0. The summed E-state index contributed by atoms with van der Waals surface area (Å²) >= 11 is 16.3. The van der Waals surface area contributed by atoms with Gasteiger partial charge in [-0.15, -0.1) is 45.3 Å². The van der Waals surface area contributed by atoms with E-state index in [-0.39, 0.29) is 0 Å². The highest BCUT2D eigenvalue weighted by Crippen LogP contribution is 2.54. The number of aryl methyl sites for hydroxylation is 4. The van der Waals surface area contributed by atoms with Gasteiger partial charge in [-0.3, -0.25) is 0 Å². The van der Waals surface area contributed by atoms with Gasteiger partial charge in [0, 0.05) is 20.2 Å². The van der Waals surface area contributed by atoms with Crippen molar-refractivity contribution in [2.75, 3.05) is 0 Å². The highest BCUT2D eigenvalue weighted by molar-refractivity contribution is 9.11. The highest BCUT2D eigenvalue weighted by Gasteiger charge is 2.24. The molecule has 0 fully saturated rings. The number of fused-ring (bicyclic) bond motifs is 6. The molecular formula is C50H76Br2S4. The molecule has 5 rings (SSSR count). The van der Waals surface area contributed by atoms with Crippen LogP contribution in [0.25, 0.3) is 39.0 Å². The third-order valence-corrected chi connectivity index (χ3v) is 19.6. The minimum Gasteiger partial charge on any atom is -0.134 e. The molecule has 0 bridgehead atoms. The Kier molecular flexibility index (Phi) is 22.2. The van der Waals surface area contributed by atoms with Crippen LogP contribution in [0.5, 0.6) is 0 Å². The summed E-state index contributed by atoms with van der Waals surface area (Å²) in [5.41, 5.74) is 6.19. The fraction of sp³-hybridized carbons (Fsp3) is 0.720. The maximum absolute atomic E-state index is 4.04. The van der Waals surface area contributed by atoms with Crippen molar-refractivity contribution in [3.8, 4) is 0 Å². The lowest BCUT2D eigenvalue weighted by Crippen LogP contribution is -1.86. The molecule has 4 heterocycles. The van der Waals surface area contributed by atoms with Crippen LogP contribution in [0, 0.1) is 13.8 Å². The summed E-state index contributed by atoms with van der Waals surface area (Å²) in [5, 5.41) is 3.08. The van der Waals surface area contributed by atoms with Gasteiger partial charge in [0.1, 0.15) is 0 Å². The molecule has 0 aliphatic rings. The number of unbranched alkanes of at least 4 members (excludes halogenated alkanes) is 28. The Labute approximate surface area is 376 Å². The first-order valence-electron chi connectivity index (χ1n) is 23.6. The SMILES string of the molecule is CCCCCCCCCCCCCCCCCc1c(Br)sc2c1sc1c(C)c3c(sc4c(CCCCCCCCCCCCCCCCC)c(Br)sc43)c(C)c12. The van der Waals surface area contributed by atoms with Gasteiger partial charge >= 0.3 is 0 Å². The van der Waals surface area contributed by atoms with E-state index in [1.54, 1.807) is 31.3 Å². The molecule has 4 aromatic heterocycles. The summed E-state index contributed by atoms with van der Waals surface area (Å²) in [6.07, 6.45) is 45.2. The Bertz CT molecular complexity index is 1720. The van der Waals surface area contributed by atoms with E-state index >= 15 is 0 Å². The van der Waals surface area contributed by atoms with Crippen molar-refractivity contribution in [1.29, 1.82) is 0 Å². The van der Waals surface area contributed by atoms with Gasteiger partial charge in [-0.05, 0) is 93.6 Å². The molecule has 0 amide bonds. The monoisotopic (exact) mass is 962 g/mol. The topological polar surface area (TPSA) is 0 Å². The summed E-state index contributed by atoms with van der Waals surface area (Å²) in [4.78, 5) is 0. The zero-order valence-corrected chi connectivity index (χ0v) is 42.5. The van der Waals surface area contributed by atoms with Crippen LogP contribution in [0.15, 0.2) is 7.57 Å². The molecule has 0 N–H and O–H groups in total. The molecule has 56 heavy (non-hydrogen) atoms. The minimum atomic E-state index is 1.21. The minimum absolute atomic E-state index is 1.21. The Morgan fingerprint density at radius 1 is 0.304 bits per heavy atom. The lowest BCUT2D eigenvalue weighted by molar-refractivity contribution is 0.532. The normalized spacial score (nSPS) is 12.2. The molecule has 0 saturated heterocycles. The van der Waals surface area contributed by atoms with Crippen LogP contribution in [0.4, 0.5) is 0 Å². The molecule has 0 spiro atoms. The Morgan fingerprint density at radius 3 is 0.821 bits per heavy atom. The zero-order valence-electron chi connectivity index (χ0n) is 36.0. The third kappa shape index (κ3) is 13.5. The standard InChI is InChI=1S/C50H76Br2S4/c1-5-7-9-11-13-15-17-19-21-23-25-27-29-31-33-35-39-45-47(55-49(39)51)41-37(3)44-42(38(4)43(41)53-45)48-46(54-44)40(50(52)56-48)36-34-32-30-28-26-24-22-20-18-16-14-12-10-8-6-2/h5-36H2,1-4H3. The molecule has 314 valence electrons. The van der Waals surface area contributed by atoms with Gasteiger partial charge in [-0.2, -0.15) is 0 Å². The Morgan fingerprint density at radius 2 is 0.554 bits per heavy atom. The average Bonchev–Trinajstić information content (AvgIpc) is 3.92. The first kappa shape index (κ1) is 47.1. The van der Waals surface area contributed by atoms with Gasteiger partial charge < -0.3 is 0 Å². The Hall–Kier alpha value is 0.0200. The van der Waals surface area contributed by atoms with Crippen molar-refractivity contribution in [1.82, 2.24) is 0 Å². The number of thiophene rings is 4. The summed E-state index contributed by atoms with van der Waals surface area (Å²) in [5.74, 6) is 0. The third-order valence-electron chi connectivity index (χ3n) is 12.6. The van der Waals surface area contributed by atoms with Crippen molar-refractivity contribution >= 4 is 116 Å². The second-order valence-corrected chi connectivity index (χ2v) is 24.0. The van der Waals surface area contributed by atoms with E-state index < -0.39 is 0 Å². The second-order valence-electron chi connectivity index (χ2n) is 17.3. The first-order chi connectivity index (χ1) is 27.5. The second kappa shape index (κ2) is 26.4. The molecular weight excluding hydrogens is 889 g/mol. The van der Waals surface area contributed by atoms with Crippen molar-refractivity contribution in [3.05, 3.63) is 29.8 Å². The van der Waals surface area contributed by atoms with Crippen LogP contribution in [0.1, 0.15) is 229 Å². The summed E-state index contributed by atoms with van der Waals surface area (Å²) in [6, 6.07) is 0. The maximum Gasteiger partial charge on any atom is 0.0751 e. The van der Waals surface area contributed by atoms with Gasteiger partial charge in [-0.1, -0.05) is 194 Å². The van der Waals surface area contributed by atoms with Gasteiger partial charge in [0.25, 0.3) is 0 Å². The highest BCUT2D eigenvalue weighted by atomic mass is 79.9. The van der Waals surface area contributed by atoms with E-state index in [0.717, 1.165) is 0 Å². The molecule has 0 atom stereocenters. The van der Waals surface area contributed by atoms with Crippen molar-refractivity contribution in [2.45, 2.75) is 233 Å². The summed E-state index contributed by atoms with van der Waals surface area (Å²) in [6.45, 7) is 9.46. The lowest BCUT2D eigenvalue weighted by Gasteiger charge is -2.05. The number of rotatable bonds is 32.